The average molecular weight is 401 g/mol. The largest absolute Gasteiger partial charge is 0.389 e. The molecule has 0 bridgehead atoms. The Balaban J connectivity index is 1.97. The van der Waals surface area contributed by atoms with Gasteiger partial charge in [0.2, 0.25) is 0 Å². The average Bonchev–Trinajstić information content (AvgIpc) is 2.72. The Morgan fingerprint density at radius 2 is 0.929 bits per heavy atom. The maximum absolute atomic E-state index is 12.5. The van der Waals surface area contributed by atoms with Crippen LogP contribution < -0.4 is 15.9 Å². The van der Waals surface area contributed by atoms with Crippen LogP contribution in [-0.2, 0) is 0 Å². The van der Waals surface area contributed by atoms with Crippen LogP contribution in [0.15, 0.2) is 91.0 Å². The lowest BCUT2D eigenvalue weighted by molar-refractivity contribution is -0.135. The topological polar surface area (TPSA) is 0 Å². The molecule has 3 rings (SSSR count). The molecular weight excluding hydrogens is 376 g/mol. The molecule has 0 saturated carbocycles. The van der Waals surface area contributed by atoms with Crippen LogP contribution in [0.1, 0.15) is 25.7 Å². The van der Waals surface area contributed by atoms with Gasteiger partial charge in [0, 0.05) is 6.42 Å². The van der Waals surface area contributed by atoms with E-state index >= 15 is 0 Å². The van der Waals surface area contributed by atoms with Crippen molar-refractivity contribution in [1.29, 1.82) is 0 Å². The molecule has 4 heteroatoms. The first kappa shape index (κ1) is 20.6. The molecule has 0 aliphatic rings. The van der Waals surface area contributed by atoms with Gasteiger partial charge in [0.1, 0.15) is 23.2 Å². The van der Waals surface area contributed by atoms with Crippen LogP contribution in [0.4, 0.5) is 13.2 Å². The summed E-state index contributed by atoms with van der Waals surface area (Å²) in [5.41, 5.74) is 0. The molecule has 0 nitrogen and oxygen atoms in total. The number of rotatable bonds is 8. The molecule has 0 spiro atoms. The molecule has 3 aromatic rings. The molecule has 0 aliphatic carbocycles. The third kappa shape index (κ3) is 5.02. The lowest BCUT2D eigenvalue weighted by Gasteiger charge is -2.27. The van der Waals surface area contributed by atoms with Gasteiger partial charge >= 0.3 is 6.18 Å². The van der Waals surface area contributed by atoms with Gasteiger partial charge in [-0.15, -0.1) is 0 Å². The number of hydrogen-bond acceptors (Lipinski definition) is 0. The summed E-state index contributed by atoms with van der Waals surface area (Å²) >= 11 is 0. The quantitative estimate of drug-likeness (QED) is 0.316. The molecule has 0 N–H and O–H groups in total. The van der Waals surface area contributed by atoms with E-state index in [4.69, 9.17) is 0 Å². The molecule has 0 heterocycles. The van der Waals surface area contributed by atoms with Gasteiger partial charge in [-0.3, -0.25) is 0 Å². The predicted octanol–water partition coefficient (Wildman–Crippen LogP) is 6.10. The van der Waals surface area contributed by atoms with Crippen molar-refractivity contribution < 1.29 is 13.2 Å². The Morgan fingerprint density at radius 3 is 1.29 bits per heavy atom. The second-order valence-electron chi connectivity index (χ2n) is 6.97. The number of alkyl halides is 3. The zero-order valence-electron chi connectivity index (χ0n) is 15.8. The predicted molar refractivity (Wildman–Crippen MR) is 115 cm³/mol. The first-order chi connectivity index (χ1) is 13.5. The minimum absolute atomic E-state index is 0.196. The summed E-state index contributed by atoms with van der Waals surface area (Å²) in [4.78, 5) is 0. The van der Waals surface area contributed by atoms with Gasteiger partial charge in [-0.25, -0.2) is 0 Å². The summed E-state index contributed by atoms with van der Waals surface area (Å²) in [6.45, 7) is 0. The van der Waals surface area contributed by atoms with Gasteiger partial charge in [-0.2, -0.15) is 13.2 Å². The highest BCUT2D eigenvalue weighted by atomic mass is 31.2. The molecule has 0 amide bonds. The highest BCUT2D eigenvalue weighted by Crippen LogP contribution is 2.56. The van der Waals surface area contributed by atoms with Gasteiger partial charge in [-0.1, -0.05) is 54.6 Å². The van der Waals surface area contributed by atoms with E-state index in [9.17, 15) is 13.2 Å². The van der Waals surface area contributed by atoms with E-state index < -0.39 is 19.9 Å². The Bertz CT molecular complexity index is 733. The van der Waals surface area contributed by atoms with E-state index in [0.717, 1.165) is 12.6 Å². The second kappa shape index (κ2) is 9.39. The van der Waals surface area contributed by atoms with Crippen LogP contribution in [0.3, 0.4) is 0 Å². The molecule has 0 aliphatic heterocycles. The normalized spacial score (nSPS) is 12.1. The van der Waals surface area contributed by atoms with Crippen molar-refractivity contribution in [3.8, 4) is 0 Å². The lowest BCUT2D eigenvalue weighted by Crippen LogP contribution is -2.33. The van der Waals surface area contributed by atoms with Gasteiger partial charge < -0.3 is 0 Å². The van der Waals surface area contributed by atoms with Crippen molar-refractivity contribution in [3.05, 3.63) is 91.0 Å². The van der Waals surface area contributed by atoms with Crippen LogP contribution >= 0.6 is 7.26 Å². The number of unbranched alkanes of at least 4 members (excludes halogenated alkanes) is 2. The highest BCUT2D eigenvalue weighted by molar-refractivity contribution is 7.95. The second-order valence-corrected chi connectivity index (χ2v) is 10.6. The van der Waals surface area contributed by atoms with Gasteiger partial charge in [0.25, 0.3) is 0 Å². The lowest BCUT2D eigenvalue weighted by atomic mass is 10.2. The number of halogens is 3. The Labute approximate surface area is 165 Å². The van der Waals surface area contributed by atoms with E-state index in [-0.39, 0.29) is 6.42 Å². The highest BCUT2D eigenvalue weighted by Gasteiger charge is 2.44. The van der Waals surface area contributed by atoms with Gasteiger partial charge in [0.05, 0.1) is 6.16 Å². The molecule has 0 saturated heterocycles. The molecule has 0 aromatic heterocycles. The zero-order chi connectivity index (χ0) is 19.9. The summed E-state index contributed by atoms with van der Waals surface area (Å²) in [5.74, 6) is 0. The molecular formula is C24H25F3P+. The fraction of sp³-hybridized carbons (Fsp3) is 0.250. The van der Waals surface area contributed by atoms with Crippen molar-refractivity contribution in [2.45, 2.75) is 31.9 Å². The monoisotopic (exact) mass is 401 g/mol. The molecule has 146 valence electrons. The third-order valence-electron chi connectivity index (χ3n) is 5.04. The van der Waals surface area contributed by atoms with Crippen LogP contribution in [0, 0.1) is 0 Å². The maximum atomic E-state index is 12.5. The fourth-order valence-corrected chi connectivity index (χ4v) is 8.14. The summed E-state index contributed by atoms with van der Waals surface area (Å²) in [7, 11) is -1.92. The molecule has 0 unspecified atom stereocenters. The Hall–Kier alpha value is -2.12. The van der Waals surface area contributed by atoms with Crippen LogP contribution in [0.2, 0.25) is 0 Å². The van der Waals surface area contributed by atoms with Crippen molar-refractivity contribution in [2.75, 3.05) is 6.16 Å². The number of hydrogen-bond donors (Lipinski definition) is 0. The fourth-order valence-electron chi connectivity index (χ4n) is 3.73. The van der Waals surface area contributed by atoms with Crippen molar-refractivity contribution in [1.82, 2.24) is 0 Å². The molecule has 3 aromatic carbocycles. The van der Waals surface area contributed by atoms with Crippen molar-refractivity contribution >= 4 is 23.2 Å². The van der Waals surface area contributed by atoms with E-state index in [1.165, 1.54) is 15.9 Å². The molecule has 0 atom stereocenters. The first-order valence-corrected chi connectivity index (χ1v) is 11.6. The summed E-state index contributed by atoms with van der Waals surface area (Å²) in [5, 5.41) is 3.84. The van der Waals surface area contributed by atoms with Gasteiger partial charge in [-0.05, 0) is 55.7 Å². The zero-order valence-corrected chi connectivity index (χ0v) is 16.7. The van der Waals surface area contributed by atoms with Crippen molar-refractivity contribution in [2.24, 2.45) is 0 Å². The Morgan fingerprint density at radius 1 is 0.536 bits per heavy atom. The molecule has 0 fully saturated rings. The minimum atomic E-state index is -4.06. The van der Waals surface area contributed by atoms with E-state index in [0.29, 0.717) is 6.42 Å². The third-order valence-corrected chi connectivity index (χ3v) is 9.57. The maximum Gasteiger partial charge on any atom is 0.389 e. The van der Waals surface area contributed by atoms with Crippen LogP contribution in [0.25, 0.3) is 0 Å². The molecule has 28 heavy (non-hydrogen) atoms. The smallest absolute Gasteiger partial charge is 0.171 e. The minimum Gasteiger partial charge on any atom is -0.171 e. The SMILES string of the molecule is FC(F)(F)CCCCC[P+](c1ccccc1)(c1ccccc1)c1ccccc1. The summed E-state index contributed by atoms with van der Waals surface area (Å²) < 4.78 is 37.6. The van der Waals surface area contributed by atoms with E-state index in [1.54, 1.807) is 0 Å². The van der Waals surface area contributed by atoms with Crippen LogP contribution in [-0.4, -0.2) is 12.3 Å². The Kier molecular flexibility index (Phi) is 6.91. The summed E-state index contributed by atoms with van der Waals surface area (Å²) in [6, 6.07) is 31.4. The summed E-state index contributed by atoms with van der Waals surface area (Å²) in [6.07, 6.45) is -2.31. The van der Waals surface area contributed by atoms with E-state index in [2.05, 4.69) is 72.8 Å². The standard InChI is InChI=1S/C24H25F3P/c25-24(26,27)19-11-4-12-20-28(21-13-5-1-6-14-21,22-15-7-2-8-16-22)23-17-9-3-10-18-23/h1-3,5-10,13-18H,4,11-12,19-20H2/q+1. The van der Waals surface area contributed by atoms with E-state index in [1.807, 2.05) is 18.2 Å². The number of benzene rings is 3. The molecule has 0 radical (unpaired) electrons. The van der Waals surface area contributed by atoms with Crippen LogP contribution in [0.5, 0.6) is 0 Å². The van der Waals surface area contributed by atoms with Crippen molar-refractivity contribution in [3.63, 3.8) is 0 Å². The van der Waals surface area contributed by atoms with Gasteiger partial charge in [0.15, 0.2) is 0 Å². The first-order valence-electron chi connectivity index (χ1n) is 9.64.